The summed E-state index contributed by atoms with van der Waals surface area (Å²) in [5.74, 6) is -5.35. The first-order chi connectivity index (χ1) is 13.8. The van der Waals surface area contributed by atoms with E-state index >= 15 is 8.78 Å². The maximum absolute atomic E-state index is 15.2. The predicted octanol–water partition coefficient (Wildman–Crippen LogP) is 5.18. The lowest BCUT2D eigenvalue weighted by molar-refractivity contribution is -0.215. The number of rotatable bonds is 3. The Labute approximate surface area is 192 Å². The second-order valence-electron chi connectivity index (χ2n) is 7.35. The number of benzene rings is 1. The number of pyridine rings is 1. The first-order valence-electron chi connectivity index (χ1n) is 8.63. The first-order valence-corrected chi connectivity index (χ1v) is 9.38. The number of carbonyl (C=O) groups is 1. The van der Waals surface area contributed by atoms with Gasteiger partial charge in [0, 0.05) is 17.4 Å². The summed E-state index contributed by atoms with van der Waals surface area (Å²) in [6, 6.07) is 4.00. The van der Waals surface area contributed by atoms with Crippen LogP contribution in [0, 0.1) is 5.82 Å². The molecule has 0 spiro atoms. The number of amides is 1. The van der Waals surface area contributed by atoms with Crippen molar-refractivity contribution >= 4 is 53.2 Å². The minimum atomic E-state index is -3.65. The number of hydrogen-bond acceptors (Lipinski definition) is 5. The Morgan fingerprint density at radius 3 is 2.45 bits per heavy atom. The SMILES string of the molecule is CC1(C)N=C(N)O[C@](C)(c2cc(NC(=O)c3ncc(Cl)cc3Cl)ccc2F)C1(F)F.Cl. The molecule has 3 N–H and O–H groups in total. The number of aromatic nitrogens is 1. The number of amidine groups is 1. The Hall–Kier alpha value is -2.23. The van der Waals surface area contributed by atoms with E-state index in [1.54, 1.807) is 0 Å². The van der Waals surface area contributed by atoms with Gasteiger partial charge in [-0.3, -0.25) is 4.79 Å². The van der Waals surface area contributed by atoms with Crippen molar-refractivity contribution in [3.63, 3.8) is 0 Å². The lowest BCUT2D eigenvalue weighted by atomic mass is 9.78. The smallest absolute Gasteiger partial charge is 0.315 e. The summed E-state index contributed by atoms with van der Waals surface area (Å²) in [6.07, 6.45) is 1.22. The van der Waals surface area contributed by atoms with Crippen molar-refractivity contribution < 1.29 is 22.7 Å². The Kier molecular flexibility index (Phi) is 6.76. The normalized spacial score (nSPS) is 21.4. The molecule has 1 aliphatic rings. The number of ether oxygens (including phenoxy) is 1. The van der Waals surface area contributed by atoms with Crippen molar-refractivity contribution in [1.29, 1.82) is 0 Å². The van der Waals surface area contributed by atoms with Crippen molar-refractivity contribution in [2.24, 2.45) is 10.7 Å². The highest BCUT2D eigenvalue weighted by molar-refractivity contribution is 6.36. The van der Waals surface area contributed by atoms with Gasteiger partial charge in [0.05, 0.1) is 10.0 Å². The molecule has 12 heteroatoms. The van der Waals surface area contributed by atoms with Gasteiger partial charge in [-0.25, -0.2) is 14.4 Å². The number of anilines is 1. The van der Waals surface area contributed by atoms with Crippen LogP contribution >= 0.6 is 35.6 Å². The van der Waals surface area contributed by atoms with Crippen LogP contribution in [0.1, 0.15) is 36.8 Å². The van der Waals surface area contributed by atoms with Crippen molar-refractivity contribution in [3.05, 3.63) is 57.6 Å². The van der Waals surface area contributed by atoms with Crippen molar-refractivity contribution in [3.8, 4) is 0 Å². The van der Waals surface area contributed by atoms with Gasteiger partial charge in [0.25, 0.3) is 11.9 Å². The van der Waals surface area contributed by atoms with Gasteiger partial charge >= 0.3 is 5.92 Å². The largest absolute Gasteiger partial charge is 0.448 e. The van der Waals surface area contributed by atoms with E-state index in [0.29, 0.717) is 0 Å². The number of nitrogens with two attached hydrogens (primary N) is 1. The summed E-state index contributed by atoms with van der Waals surface area (Å²) in [6.45, 7) is 3.34. The standard InChI is InChI=1S/C19H17Cl2F3N4O2.ClH/c1-17(2)19(23,24)18(3,30-16(25)28-17)11-7-10(4-5-13(11)22)27-15(29)14-12(21)6-9(20)8-26-14;/h4-8H,1-3H3,(H2,25,28)(H,27,29);1H/t18-;/m1./s1. The summed E-state index contributed by atoms with van der Waals surface area (Å²) in [4.78, 5) is 20.0. The quantitative estimate of drug-likeness (QED) is 0.612. The van der Waals surface area contributed by atoms with Crippen LogP contribution in [0.2, 0.25) is 10.0 Å². The Balaban J connectivity index is 0.00000341. The molecular weight excluding hydrogens is 480 g/mol. The molecule has 168 valence electrons. The number of carbonyl (C=O) groups excluding carboxylic acids is 1. The van der Waals surface area contributed by atoms with E-state index in [-0.39, 0.29) is 33.8 Å². The second-order valence-corrected chi connectivity index (χ2v) is 8.20. The van der Waals surface area contributed by atoms with Gasteiger partial charge in [-0.2, -0.15) is 8.78 Å². The van der Waals surface area contributed by atoms with E-state index in [9.17, 15) is 9.18 Å². The second kappa shape index (κ2) is 8.37. The van der Waals surface area contributed by atoms with E-state index in [4.69, 9.17) is 33.7 Å². The molecule has 6 nitrogen and oxygen atoms in total. The zero-order valence-corrected chi connectivity index (χ0v) is 18.8. The van der Waals surface area contributed by atoms with Gasteiger partial charge in [0.1, 0.15) is 17.1 Å². The molecule has 0 radical (unpaired) electrons. The van der Waals surface area contributed by atoms with Crippen LogP contribution < -0.4 is 11.1 Å². The molecule has 0 saturated heterocycles. The Morgan fingerprint density at radius 1 is 1.19 bits per heavy atom. The molecule has 1 atom stereocenters. The average molecular weight is 498 g/mol. The Morgan fingerprint density at radius 2 is 1.84 bits per heavy atom. The van der Waals surface area contributed by atoms with Crippen LogP contribution in [0.25, 0.3) is 0 Å². The topological polar surface area (TPSA) is 89.6 Å². The van der Waals surface area contributed by atoms with Crippen LogP contribution in [0.5, 0.6) is 0 Å². The average Bonchev–Trinajstić information content (AvgIpc) is 2.61. The van der Waals surface area contributed by atoms with Gasteiger partial charge in [0.15, 0.2) is 0 Å². The molecule has 3 rings (SSSR count). The highest BCUT2D eigenvalue weighted by atomic mass is 35.5. The fourth-order valence-corrected chi connectivity index (χ4v) is 3.66. The molecule has 31 heavy (non-hydrogen) atoms. The minimum absolute atomic E-state index is 0. The fraction of sp³-hybridized carbons (Fsp3) is 0.316. The lowest BCUT2D eigenvalue weighted by Crippen LogP contribution is -2.62. The van der Waals surface area contributed by atoms with Crippen molar-refractivity contribution in [1.82, 2.24) is 4.98 Å². The minimum Gasteiger partial charge on any atom is -0.448 e. The first kappa shape index (κ1) is 25.0. The van der Waals surface area contributed by atoms with E-state index in [2.05, 4.69) is 15.3 Å². The molecule has 1 aromatic carbocycles. The summed E-state index contributed by atoms with van der Waals surface area (Å²) in [5, 5.41) is 2.66. The molecule has 0 fully saturated rings. The number of aliphatic imine (C=N–C) groups is 1. The number of nitrogens with one attached hydrogen (secondary N) is 1. The maximum Gasteiger partial charge on any atom is 0.315 e. The molecule has 0 saturated carbocycles. The molecular formula is C19H18Cl3F3N4O2. The van der Waals surface area contributed by atoms with Crippen molar-refractivity contribution in [2.45, 2.75) is 37.8 Å². The molecule has 1 aromatic heterocycles. The van der Waals surface area contributed by atoms with Gasteiger partial charge in [-0.1, -0.05) is 23.2 Å². The van der Waals surface area contributed by atoms with Gasteiger partial charge < -0.3 is 15.8 Å². The zero-order chi connectivity index (χ0) is 22.5. The number of nitrogens with zero attached hydrogens (tertiary/aromatic N) is 2. The fourth-order valence-electron chi connectivity index (χ4n) is 3.19. The summed E-state index contributed by atoms with van der Waals surface area (Å²) >= 11 is 11.7. The third-order valence-electron chi connectivity index (χ3n) is 4.83. The molecule has 0 aliphatic carbocycles. The molecule has 0 bridgehead atoms. The number of hydrogen-bond donors (Lipinski definition) is 2. The third-order valence-corrected chi connectivity index (χ3v) is 5.32. The van der Waals surface area contributed by atoms with E-state index in [0.717, 1.165) is 19.1 Å². The summed E-state index contributed by atoms with van der Waals surface area (Å²) in [7, 11) is 0. The predicted molar refractivity (Wildman–Crippen MR) is 115 cm³/mol. The zero-order valence-electron chi connectivity index (χ0n) is 16.5. The van der Waals surface area contributed by atoms with Gasteiger partial charge in [-0.05, 0) is 45.0 Å². The van der Waals surface area contributed by atoms with Crippen LogP contribution in [-0.2, 0) is 10.3 Å². The molecule has 1 aliphatic heterocycles. The maximum atomic E-state index is 15.2. The van der Waals surface area contributed by atoms with Crippen molar-refractivity contribution in [2.75, 3.05) is 5.32 Å². The molecule has 2 heterocycles. The van der Waals surface area contributed by atoms with E-state index in [1.165, 1.54) is 32.2 Å². The van der Waals surface area contributed by atoms with E-state index in [1.807, 2.05) is 0 Å². The van der Waals surface area contributed by atoms with Crippen LogP contribution in [-0.4, -0.2) is 28.4 Å². The van der Waals surface area contributed by atoms with Crippen LogP contribution in [0.4, 0.5) is 18.9 Å². The monoisotopic (exact) mass is 496 g/mol. The van der Waals surface area contributed by atoms with Gasteiger partial charge in [0.2, 0.25) is 5.60 Å². The Bertz CT molecular complexity index is 1070. The van der Waals surface area contributed by atoms with Gasteiger partial charge in [-0.15, -0.1) is 12.4 Å². The number of halogens is 6. The third kappa shape index (κ3) is 4.26. The molecule has 0 unspecified atom stereocenters. The highest BCUT2D eigenvalue weighted by Gasteiger charge is 2.66. The van der Waals surface area contributed by atoms with E-state index < -0.39 is 40.4 Å². The lowest BCUT2D eigenvalue weighted by Gasteiger charge is -2.47. The summed E-state index contributed by atoms with van der Waals surface area (Å²) < 4.78 is 50.3. The highest BCUT2D eigenvalue weighted by Crippen LogP contribution is 2.51. The molecule has 1 amide bonds. The van der Waals surface area contributed by atoms with Crippen LogP contribution in [0.3, 0.4) is 0 Å². The summed E-state index contributed by atoms with van der Waals surface area (Å²) in [5.41, 5.74) is 0.508. The number of alkyl halides is 2. The van der Waals surface area contributed by atoms with Crippen LogP contribution in [0.15, 0.2) is 35.5 Å². The molecule has 2 aromatic rings.